The molecule has 0 saturated carbocycles. The number of nitrogens with one attached hydrogen (secondary N) is 1. The van der Waals surface area contributed by atoms with Crippen molar-refractivity contribution in [3.8, 4) is 0 Å². The van der Waals surface area contributed by atoms with Crippen LogP contribution in [-0.2, 0) is 9.59 Å². The monoisotopic (exact) mass is 130 g/mol. The number of amides is 1. The van der Waals surface area contributed by atoms with E-state index < -0.39 is 12.5 Å². The number of carboxylic acid groups (broad SMARTS) is 1. The molecule has 0 aromatic carbocycles. The molecule has 4 nitrogen and oxygen atoms in total. The number of carbonyl (C=O) groups is 2. The molecule has 1 amide bonds. The van der Waals surface area contributed by atoms with E-state index in [1.54, 1.807) is 6.92 Å². The van der Waals surface area contributed by atoms with E-state index in [1.807, 2.05) is 0 Å². The predicted octanol–water partition coefficient (Wildman–Crippen LogP) is -1.74. The Hall–Kier alpha value is -1.06. The van der Waals surface area contributed by atoms with Gasteiger partial charge in [0.1, 0.15) is 0 Å². The maximum absolute atomic E-state index is 10.3. The van der Waals surface area contributed by atoms with Gasteiger partial charge >= 0.3 is 0 Å². The van der Waals surface area contributed by atoms with Gasteiger partial charge in [-0.1, -0.05) is 6.92 Å². The summed E-state index contributed by atoms with van der Waals surface area (Å²) in [5, 5.41) is 11.8. The first kappa shape index (κ1) is 7.94. The Kier molecular flexibility index (Phi) is 3.43. The number of aliphatic carboxylic acids is 1. The standard InChI is InChI=1S/C5H9NO3/c1-2-4(7)6-3-5(8)9/h2-3H2,1H3,(H,6,7)(H,8,9)/p-1. The highest BCUT2D eigenvalue weighted by molar-refractivity contribution is 5.80. The molecular formula is C5H8NO3-. The van der Waals surface area contributed by atoms with E-state index in [1.165, 1.54) is 0 Å². The van der Waals surface area contributed by atoms with Crippen molar-refractivity contribution in [2.45, 2.75) is 13.3 Å². The van der Waals surface area contributed by atoms with Crippen LogP contribution in [0.2, 0.25) is 0 Å². The van der Waals surface area contributed by atoms with Gasteiger partial charge in [0.15, 0.2) is 0 Å². The molecule has 0 aromatic heterocycles. The molecule has 0 aliphatic heterocycles. The van der Waals surface area contributed by atoms with Crippen LogP contribution in [0.4, 0.5) is 0 Å². The van der Waals surface area contributed by atoms with Gasteiger partial charge in [-0.05, 0) is 0 Å². The normalized spacial score (nSPS) is 8.56. The Balaban J connectivity index is 3.28. The number of rotatable bonds is 3. The SMILES string of the molecule is CCC(=O)NCC(=O)[O-]. The minimum atomic E-state index is -1.27. The molecule has 0 saturated heterocycles. The summed E-state index contributed by atoms with van der Waals surface area (Å²) in [5.74, 6) is -1.55. The zero-order valence-electron chi connectivity index (χ0n) is 5.14. The maximum atomic E-state index is 10.3. The second-order valence-corrected chi connectivity index (χ2v) is 1.50. The molecule has 9 heavy (non-hydrogen) atoms. The van der Waals surface area contributed by atoms with Crippen LogP contribution in [0.25, 0.3) is 0 Å². The molecule has 0 rings (SSSR count). The first-order valence-corrected chi connectivity index (χ1v) is 2.63. The van der Waals surface area contributed by atoms with Gasteiger partial charge in [0.25, 0.3) is 0 Å². The molecule has 0 unspecified atom stereocenters. The van der Waals surface area contributed by atoms with Gasteiger partial charge in [0.05, 0.1) is 12.5 Å². The maximum Gasteiger partial charge on any atom is 0.220 e. The Morgan fingerprint density at radius 3 is 2.44 bits per heavy atom. The lowest BCUT2D eigenvalue weighted by Crippen LogP contribution is -2.37. The van der Waals surface area contributed by atoms with Crippen molar-refractivity contribution in [2.75, 3.05) is 6.54 Å². The molecule has 0 spiro atoms. The Morgan fingerprint density at radius 1 is 1.56 bits per heavy atom. The molecule has 4 heteroatoms. The van der Waals surface area contributed by atoms with Crippen LogP contribution < -0.4 is 10.4 Å². The van der Waals surface area contributed by atoms with E-state index in [9.17, 15) is 14.7 Å². The van der Waals surface area contributed by atoms with E-state index in [0.717, 1.165) is 0 Å². The number of carbonyl (C=O) groups excluding carboxylic acids is 2. The fraction of sp³-hybridized carbons (Fsp3) is 0.600. The van der Waals surface area contributed by atoms with Crippen LogP contribution in [-0.4, -0.2) is 18.4 Å². The predicted molar refractivity (Wildman–Crippen MR) is 28.3 cm³/mol. The van der Waals surface area contributed by atoms with Crippen LogP contribution >= 0.6 is 0 Å². The molecular weight excluding hydrogens is 122 g/mol. The Bertz CT molecular complexity index is 121. The van der Waals surface area contributed by atoms with Gasteiger partial charge in [-0.2, -0.15) is 0 Å². The quantitative estimate of drug-likeness (QED) is 0.493. The third-order valence-corrected chi connectivity index (χ3v) is 0.751. The van der Waals surface area contributed by atoms with Crippen LogP contribution in [0.15, 0.2) is 0 Å². The lowest BCUT2D eigenvalue weighted by Gasteiger charge is -2.01. The average Bonchev–Trinajstić information content (AvgIpc) is 1.83. The summed E-state index contributed by atoms with van der Waals surface area (Å²) in [7, 11) is 0. The fourth-order valence-corrected chi connectivity index (χ4v) is 0.296. The molecule has 0 heterocycles. The summed E-state index contributed by atoms with van der Waals surface area (Å²) in [6.07, 6.45) is 0.299. The van der Waals surface area contributed by atoms with Crippen molar-refractivity contribution in [2.24, 2.45) is 0 Å². The second kappa shape index (κ2) is 3.88. The van der Waals surface area contributed by atoms with Crippen LogP contribution in [0.5, 0.6) is 0 Å². The number of hydrogen-bond donors (Lipinski definition) is 1. The molecule has 1 N–H and O–H groups in total. The van der Waals surface area contributed by atoms with E-state index >= 15 is 0 Å². The molecule has 0 fully saturated rings. The Morgan fingerprint density at radius 2 is 2.11 bits per heavy atom. The minimum Gasteiger partial charge on any atom is -0.548 e. The highest BCUT2D eigenvalue weighted by atomic mass is 16.4. The van der Waals surface area contributed by atoms with E-state index in [0.29, 0.717) is 6.42 Å². The summed E-state index contributed by atoms with van der Waals surface area (Å²) in [5.41, 5.74) is 0. The smallest absolute Gasteiger partial charge is 0.220 e. The number of hydrogen-bond acceptors (Lipinski definition) is 3. The van der Waals surface area contributed by atoms with Crippen molar-refractivity contribution < 1.29 is 14.7 Å². The zero-order chi connectivity index (χ0) is 7.28. The number of carboxylic acids is 1. The highest BCUT2D eigenvalue weighted by Crippen LogP contribution is 1.71. The van der Waals surface area contributed by atoms with Crippen molar-refractivity contribution in [3.05, 3.63) is 0 Å². The lowest BCUT2D eigenvalue weighted by atomic mass is 10.4. The summed E-state index contributed by atoms with van der Waals surface area (Å²) in [6, 6.07) is 0. The van der Waals surface area contributed by atoms with Crippen LogP contribution in [0.1, 0.15) is 13.3 Å². The summed E-state index contributed by atoms with van der Waals surface area (Å²) in [4.78, 5) is 20.0. The molecule has 0 bridgehead atoms. The summed E-state index contributed by atoms with van der Waals surface area (Å²) >= 11 is 0. The van der Waals surface area contributed by atoms with E-state index in [2.05, 4.69) is 5.32 Å². The zero-order valence-corrected chi connectivity index (χ0v) is 5.14. The molecule has 0 aromatic rings. The third kappa shape index (κ3) is 4.80. The lowest BCUT2D eigenvalue weighted by molar-refractivity contribution is -0.304. The van der Waals surface area contributed by atoms with Gasteiger partial charge < -0.3 is 15.2 Å². The van der Waals surface area contributed by atoms with E-state index in [4.69, 9.17) is 0 Å². The topological polar surface area (TPSA) is 69.2 Å². The van der Waals surface area contributed by atoms with E-state index in [-0.39, 0.29) is 5.91 Å². The Labute approximate surface area is 52.9 Å². The molecule has 0 atom stereocenters. The van der Waals surface area contributed by atoms with Crippen LogP contribution in [0.3, 0.4) is 0 Å². The van der Waals surface area contributed by atoms with Crippen molar-refractivity contribution in [1.29, 1.82) is 0 Å². The van der Waals surface area contributed by atoms with Gasteiger partial charge in [0.2, 0.25) is 5.91 Å². The van der Waals surface area contributed by atoms with Crippen LogP contribution in [0, 0.1) is 0 Å². The average molecular weight is 130 g/mol. The van der Waals surface area contributed by atoms with Gasteiger partial charge in [-0.3, -0.25) is 4.79 Å². The summed E-state index contributed by atoms with van der Waals surface area (Å²) < 4.78 is 0. The van der Waals surface area contributed by atoms with Crippen molar-refractivity contribution in [3.63, 3.8) is 0 Å². The van der Waals surface area contributed by atoms with Crippen molar-refractivity contribution >= 4 is 11.9 Å². The van der Waals surface area contributed by atoms with Gasteiger partial charge in [-0.25, -0.2) is 0 Å². The molecule has 0 radical (unpaired) electrons. The first-order chi connectivity index (χ1) is 4.16. The largest absolute Gasteiger partial charge is 0.548 e. The molecule has 52 valence electrons. The third-order valence-electron chi connectivity index (χ3n) is 0.751. The second-order valence-electron chi connectivity index (χ2n) is 1.50. The van der Waals surface area contributed by atoms with Gasteiger partial charge in [-0.15, -0.1) is 0 Å². The minimum absolute atomic E-state index is 0.279. The van der Waals surface area contributed by atoms with Gasteiger partial charge in [0, 0.05) is 6.42 Å². The molecule has 0 aliphatic carbocycles. The fourth-order valence-electron chi connectivity index (χ4n) is 0.296. The summed E-state index contributed by atoms with van der Waals surface area (Å²) in [6.45, 7) is 1.25. The highest BCUT2D eigenvalue weighted by Gasteiger charge is 1.92. The van der Waals surface area contributed by atoms with Crippen molar-refractivity contribution in [1.82, 2.24) is 5.32 Å². The molecule has 0 aliphatic rings. The first-order valence-electron chi connectivity index (χ1n) is 2.63.